The van der Waals surface area contributed by atoms with Crippen LogP contribution in [0.25, 0.3) is 0 Å². The first-order chi connectivity index (χ1) is 11.5. The van der Waals surface area contributed by atoms with E-state index in [4.69, 9.17) is 11.6 Å². The number of aliphatic hydroxyl groups is 1. The van der Waals surface area contributed by atoms with Crippen molar-refractivity contribution in [1.29, 1.82) is 0 Å². The first kappa shape index (κ1) is 18.0. The lowest BCUT2D eigenvalue weighted by Gasteiger charge is -2.20. The molecule has 2 atom stereocenters. The maximum atomic E-state index is 12.2. The van der Waals surface area contributed by atoms with Gasteiger partial charge in [0.05, 0.1) is 12.6 Å². The summed E-state index contributed by atoms with van der Waals surface area (Å²) in [6.45, 7) is 1.36. The second-order valence-electron chi connectivity index (χ2n) is 5.36. The highest BCUT2D eigenvalue weighted by atomic mass is 35.5. The third kappa shape index (κ3) is 4.81. The van der Waals surface area contributed by atoms with Crippen LogP contribution in [0.3, 0.4) is 0 Å². The van der Waals surface area contributed by atoms with Crippen molar-refractivity contribution >= 4 is 23.4 Å². The molecule has 0 heterocycles. The van der Waals surface area contributed by atoms with Crippen molar-refractivity contribution in [3.05, 3.63) is 70.7 Å². The Balaban J connectivity index is 1.96. The van der Waals surface area contributed by atoms with E-state index in [2.05, 4.69) is 10.6 Å². The van der Waals surface area contributed by atoms with E-state index >= 15 is 0 Å². The molecule has 6 heteroatoms. The molecule has 0 radical (unpaired) electrons. The first-order valence-corrected chi connectivity index (χ1v) is 7.91. The van der Waals surface area contributed by atoms with E-state index in [1.165, 1.54) is 0 Å². The topological polar surface area (TPSA) is 78.4 Å². The number of amides is 2. The lowest BCUT2D eigenvalue weighted by atomic mass is 10.1. The molecule has 2 aromatic carbocycles. The quantitative estimate of drug-likeness (QED) is 0.751. The van der Waals surface area contributed by atoms with Crippen molar-refractivity contribution in [2.75, 3.05) is 6.61 Å². The Bertz CT molecular complexity index is 689. The van der Waals surface area contributed by atoms with Crippen molar-refractivity contribution in [3.63, 3.8) is 0 Å². The number of carbonyl (C=O) groups is 2. The van der Waals surface area contributed by atoms with Gasteiger partial charge in [0.1, 0.15) is 6.04 Å². The van der Waals surface area contributed by atoms with E-state index in [9.17, 15) is 14.7 Å². The number of aliphatic hydroxyl groups excluding tert-OH is 1. The summed E-state index contributed by atoms with van der Waals surface area (Å²) < 4.78 is 0. The van der Waals surface area contributed by atoms with Crippen LogP contribution in [-0.4, -0.2) is 29.6 Å². The van der Waals surface area contributed by atoms with Crippen LogP contribution in [0.5, 0.6) is 0 Å². The SMILES string of the molecule is CC(NC(=O)c1ccc(Cl)cc1)C(=O)NC(CO)c1ccccc1. The molecule has 0 fully saturated rings. The number of hydrogen-bond donors (Lipinski definition) is 3. The molecule has 0 aliphatic carbocycles. The molecule has 0 bridgehead atoms. The van der Waals surface area contributed by atoms with Crippen LogP contribution in [-0.2, 0) is 4.79 Å². The van der Waals surface area contributed by atoms with Crippen molar-refractivity contribution in [1.82, 2.24) is 10.6 Å². The number of carbonyl (C=O) groups excluding carboxylic acids is 2. The summed E-state index contributed by atoms with van der Waals surface area (Å²) in [5.41, 5.74) is 1.21. The average Bonchev–Trinajstić information content (AvgIpc) is 2.60. The van der Waals surface area contributed by atoms with Gasteiger partial charge in [-0.15, -0.1) is 0 Å². The molecule has 0 aromatic heterocycles. The Kier molecular flexibility index (Phi) is 6.35. The molecule has 0 aliphatic rings. The van der Waals surface area contributed by atoms with Crippen LogP contribution in [0.15, 0.2) is 54.6 Å². The van der Waals surface area contributed by atoms with Gasteiger partial charge in [-0.3, -0.25) is 9.59 Å². The van der Waals surface area contributed by atoms with Crippen molar-refractivity contribution in [2.24, 2.45) is 0 Å². The van der Waals surface area contributed by atoms with Crippen LogP contribution in [0.1, 0.15) is 28.9 Å². The summed E-state index contributed by atoms with van der Waals surface area (Å²) in [5.74, 6) is -0.741. The fourth-order valence-electron chi connectivity index (χ4n) is 2.16. The number of halogens is 1. The summed E-state index contributed by atoms with van der Waals surface area (Å²) in [6, 6.07) is 14.3. The molecule has 2 rings (SSSR count). The van der Waals surface area contributed by atoms with Gasteiger partial charge in [-0.1, -0.05) is 41.9 Å². The van der Waals surface area contributed by atoms with E-state index in [0.717, 1.165) is 5.56 Å². The zero-order valence-corrected chi connectivity index (χ0v) is 14.0. The maximum absolute atomic E-state index is 12.2. The number of hydrogen-bond acceptors (Lipinski definition) is 3. The average molecular weight is 347 g/mol. The molecule has 126 valence electrons. The summed E-state index contributed by atoms with van der Waals surface area (Å²) in [5, 5.41) is 15.4. The van der Waals surface area contributed by atoms with Gasteiger partial charge in [0.15, 0.2) is 0 Å². The van der Waals surface area contributed by atoms with Gasteiger partial charge in [-0.05, 0) is 36.8 Å². The Morgan fingerprint density at radius 3 is 2.25 bits per heavy atom. The predicted octanol–water partition coefficient (Wildman–Crippen LogP) is 2.31. The van der Waals surface area contributed by atoms with Gasteiger partial charge in [0.2, 0.25) is 5.91 Å². The molecule has 0 aliphatic heterocycles. The van der Waals surface area contributed by atoms with Crippen LogP contribution in [0, 0.1) is 0 Å². The normalized spacial score (nSPS) is 13.0. The molecule has 0 spiro atoms. The van der Waals surface area contributed by atoms with E-state index in [1.54, 1.807) is 31.2 Å². The van der Waals surface area contributed by atoms with Gasteiger partial charge in [0, 0.05) is 10.6 Å². The molecule has 24 heavy (non-hydrogen) atoms. The zero-order chi connectivity index (χ0) is 17.5. The minimum atomic E-state index is -0.744. The highest BCUT2D eigenvalue weighted by Gasteiger charge is 2.20. The van der Waals surface area contributed by atoms with Gasteiger partial charge < -0.3 is 15.7 Å². The summed E-state index contributed by atoms with van der Waals surface area (Å²) in [6.07, 6.45) is 0. The first-order valence-electron chi connectivity index (χ1n) is 7.54. The minimum absolute atomic E-state index is 0.229. The summed E-state index contributed by atoms with van der Waals surface area (Å²) >= 11 is 5.78. The smallest absolute Gasteiger partial charge is 0.251 e. The maximum Gasteiger partial charge on any atom is 0.251 e. The zero-order valence-electron chi connectivity index (χ0n) is 13.2. The van der Waals surface area contributed by atoms with Gasteiger partial charge in [0.25, 0.3) is 5.91 Å². The Morgan fingerprint density at radius 2 is 1.67 bits per heavy atom. The van der Waals surface area contributed by atoms with Crippen LogP contribution < -0.4 is 10.6 Å². The highest BCUT2D eigenvalue weighted by molar-refractivity contribution is 6.30. The molecule has 2 aromatic rings. The summed E-state index contributed by atoms with van der Waals surface area (Å²) in [7, 11) is 0. The molecule has 0 saturated heterocycles. The summed E-state index contributed by atoms with van der Waals surface area (Å²) in [4.78, 5) is 24.4. The number of benzene rings is 2. The molecule has 2 unspecified atom stereocenters. The van der Waals surface area contributed by atoms with Crippen molar-refractivity contribution in [2.45, 2.75) is 19.0 Å². The third-order valence-electron chi connectivity index (χ3n) is 3.55. The largest absolute Gasteiger partial charge is 0.394 e. The predicted molar refractivity (Wildman–Crippen MR) is 92.8 cm³/mol. The van der Waals surface area contributed by atoms with Crippen molar-refractivity contribution in [3.8, 4) is 0 Å². The Morgan fingerprint density at radius 1 is 1.04 bits per heavy atom. The third-order valence-corrected chi connectivity index (χ3v) is 3.80. The molecular weight excluding hydrogens is 328 g/mol. The fraction of sp³-hybridized carbons (Fsp3) is 0.222. The van der Waals surface area contributed by atoms with Gasteiger partial charge >= 0.3 is 0 Å². The Labute approximate surface area is 145 Å². The Hall–Kier alpha value is -2.37. The van der Waals surface area contributed by atoms with Crippen LogP contribution in [0.2, 0.25) is 5.02 Å². The molecule has 3 N–H and O–H groups in total. The van der Waals surface area contributed by atoms with E-state index in [1.807, 2.05) is 30.3 Å². The molecule has 5 nitrogen and oxygen atoms in total. The monoisotopic (exact) mass is 346 g/mol. The van der Waals surface area contributed by atoms with Crippen LogP contribution in [0.4, 0.5) is 0 Å². The second-order valence-corrected chi connectivity index (χ2v) is 5.79. The fourth-order valence-corrected chi connectivity index (χ4v) is 2.29. The molecular formula is C18H19ClN2O3. The van der Waals surface area contributed by atoms with Gasteiger partial charge in [-0.25, -0.2) is 0 Å². The number of rotatable bonds is 6. The van der Waals surface area contributed by atoms with E-state index in [-0.39, 0.29) is 18.4 Å². The van der Waals surface area contributed by atoms with Gasteiger partial charge in [-0.2, -0.15) is 0 Å². The van der Waals surface area contributed by atoms with E-state index in [0.29, 0.717) is 10.6 Å². The lowest BCUT2D eigenvalue weighted by Crippen LogP contribution is -2.46. The number of nitrogens with one attached hydrogen (secondary N) is 2. The highest BCUT2D eigenvalue weighted by Crippen LogP contribution is 2.12. The van der Waals surface area contributed by atoms with Crippen LogP contribution >= 0.6 is 11.6 Å². The molecule has 2 amide bonds. The minimum Gasteiger partial charge on any atom is -0.394 e. The second kappa shape index (κ2) is 8.47. The molecule has 0 saturated carbocycles. The van der Waals surface area contributed by atoms with Crippen molar-refractivity contribution < 1.29 is 14.7 Å². The lowest BCUT2D eigenvalue weighted by molar-refractivity contribution is -0.123. The van der Waals surface area contributed by atoms with E-state index < -0.39 is 12.1 Å². The standard InChI is InChI=1S/C18H19ClN2O3/c1-12(20-18(24)14-7-9-15(19)10-8-14)17(23)21-16(11-22)13-5-3-2-4-6-13/h2-10,12,16,22H,11H2,1H3,(H,20,24)(H,21,23).